The van der Waals surface area contributed by atoms with Crippen LogP contribution in [0.25, 0.3) is 0 Å². The molecule has 0 bridgehead atoms. The van der Waals surface area contributed by atoms with Gasteiger partial charge in [-0.15, -0.1) is 0 Å². The SMILES string of the molecule is CCCCCCCCCCC(=O)OC(C)(C)C. The molecule has 0 N–H and O–H groups in total. The summed E-state index contributed by atoms with van der Waals surface area (Å²) < 4.78 is 5.26. The highest BCUT2D eigenvalue weighted by Crippen LogP contribution is 2.12. The largest absolute Gasteiger partial charge is 0.460 e. The Bertz CT molecular complexity index is 192. The molecule has 0 aromatic heterocycles. The number of carbonyl (C=O) groups is 1. The van der Waals surface area contributed by atoms with E-state index in [2.05, 4.69) is 6.92 Å². The van der Waals surface area contributed by atoms with Gasteiger partial charge in [-0.05, 0) is 27.2 Å². The number of rotatable bonds is 9. The number of hydrogen-bond donors (Lipinski definition) is 0. The van der Waals surface area contributed by atoms with Crippen LogP contribution in [-0.2, 0) is 9.53 Å². The van der Waals surface area contributed by atoms with Crippen LogP contribution in [0.5, 0.6) is 0 Å². The van der Waals surface area contributed by atoms with Gasteiger partial charge in [0.1, 0.15) is 5.60 Å². The fourth-order valence-corrected chi connectivity index (χ4v) is 1.80. The lowest BCUT2D eigenvalue weighted by molar-refractivity contribution is -0.154. The van der Waals surface area contributed by atoms with E-state index >= 15 is 0 Å². The molecule has 0 aliphatic carbocycles. The summed E-state index contributed by atoms with van der Waals surface area (Å²) in [6.45, 7) is 7.98. The van der Waals surface area contributed by atoms with E-state index in [9.17, 15) is 4.79 Å². The van der Waals surface area contributed by atoms with Crippen LogP contribution >= 0.6 is 0 Å². The molecular weight excluding hydrogens is 212 g/mol. The number of hydrogen-bond acceptors (Lipinski definition) is 2. The van der Waals surface area contributed by atoms with Crippen molar-refractivity contribution in [3.63, 3.8) is 0 Å². The van der Waals surface area contributed by atoms with Gasteiger partial charge in [0.25, 0.3) is 0 Å². The smallest absolute Gasteiger partial charge is 0.306 e. The zero-order chi connectivity index (χ0) is 13.1. The van der Waals surface area contributed by atoms with Gasteiger partial charge in [-0.2, -0.15) is 0 Å². The molecule has 0 unspecified atom stereocenters. The molecular formula is C15H30O2. The van der Waals surface area contributed by atoms with Crippen molar-refractivity contribution in [3.05, 3.63) is 0 Å². The lowest BCUT2D eigenvalue weighted by Gasteiger charge is -2.19. The fraction of sp³-hybridized carbons (Fsp3) is 0.933. The Hall–Kier alpha value is -0.530. The summed E-state index contributed by atoms with van der Waals surface area (Å²) in [7, 11) is 0. The van der Waals surface area contributed by atoms with Gasteiger partial charge in [0.2, 0.25) is 0 Å². The van der Waals surface area contributed by atoms with Crippen LogP contribution < -0.4 is 0 Å². The summed E-state index contributed by atoms with van der Waals surface area (Å²) in [5, 5.41) is 0. The van der Waals surface area contributed by atoms with E-state index in [-0.39, 0.29) is 11.6 Å². The number of unbranched alkanes of at least 4 members (excludes halogenated alkanes) is 7. The molecule has 0 radical (unpaired) electrons. The lowest BCUT2D eigenvalue weighted by atomic mass is 10.1. The minimum Gasteiger partial charge on any atom is -0.460 e. The molecule has 0 aliphatic rings. The van der Waals surface area contributed by atoms with Gasteiger partial charge in [0, 0.05) is 6.42 Å². The summed E-state index contributed by atoms with van der Waals surface area (Å²) in [6, 6.07) is 0. The molecule has 0 heterocycles. The lowest BCUT2D eigenvalue weighted by Crippen LogP contribution is -2.23. The first-order valence-corrected chi connectivity index (χ1v) is 7.17. The van der Waals surface area contributed by atoms with Gasteiger partial charge >= 0.3 is 5.97 Å². The van der Waals surface area contributed by atoms with Crippen molar-refractivity contribution < 1.29 is 9.53 Å². The first-order chi connectivity index (χ1) is 7.95. The van der Waals surface area contributed by atoms with Crippen molar-refractivity contribution in [2.75, 3.05) is 0 Å². The van der Waals surface area contributed by atoms with Gasteiger partial charge in [0.05, 0.1) is 0 Å². The third kappa shape index (κ3) is 13.4. The average molecular weight is 242 g/mol. The van der Waals surface area contributed by atoms with Gasteiger partial charge in [-0.3, -0.25) is 4.79 Å². The third-order valence-electron chi connectivity index (χ3n) is 2.65. The molecule has 0 spiro atoms. The van der Waals surface area contributed by atoms with Crippen LogP contribution in [0.2, 0.25) is 0 Å². The molecule has 0 aromatic carbocycles. The maximum absolute atomic E-state index is 11.4. The van der Waals surface area contributed by atoms with E-state index in [1.54, 1.807) is 0 Å². The van der Waals surface area contributed by atoms with Crippen LogP contribution in [0.15, 0.2) is 0 Å². The molecule has 0 rings (SSSR count). The van der Waals surface area contributed by atoms with Gasteiger partial charge in [0.15, 0.2) is 0 Å². The Kier molecular flexibility index (Phi) is 9.20. The molecule has 0 saturated carbocycles. The second-order valence-corrected chi connectivity index (χ2v) is 5.81. The zero-order valence-corrected chi connectivity index (χ0v) is 12.2. The monoisotopic (exact) mass is 242 g/mol. The maximum Gasteiger partial charge on any atom is 0.306 e. The van der Waals surface area contributed by atoms with Gasteiger partial charge < -0.3 is 4.74 Å². The molecule has 2 nitrogen and oxygen atoms in total. The molecule has 0 fully saturated rings. The molecule has 0 aromatic rings. The molecule has 2 heteroatoms. The summed E-state index contributed by atoms with van der Waals surface area (Å²) >= 11 is 0. The van der Waals surface area contributed by atoms with Crippen molar-refractivity contribution >= 4 is 5.97 Å². The Balaban J connectivity index is 3.25. The van der Waals surface area contributed by atoms with Crippen LogP contribution in [-0.4, -0.2) is 11.6 Å². The van der Waals surface area contributed by atoms with E-state index in [1.165, 1.54) is 38.5 Å². The van der Waals surface area contributed by atoms with Crippen molar-refractivity contribution in [1.29, 1.82) is 0 Å². The van der Waals surface area contributed by atoms with Crippen LogP contribution in [0.4, 0.5) is 0 Å². The highest BCUT2D eigenvalue weighted by Gasteiger charge is 2.15. The van der Waals surface area contributed by atoms with Crippen molar-refractivity contribution in [3.8, 4) is 0 Å². The highest BCUT2D eigenvalue weighted by atomic mass is 16.6. The zero-order valence-electron chi connectivity index (χ0n) is 12.2. The van der Waals surface area contributed by atoms with E-state index in [0.29, 0.717) is 6.42 Å². The molecule has 0 aliphatic heterocycles. The molecule has 0 atom stereocenters. The summed E-state index contributed by atoms with van der Waals surface area (Å²) in [6.07, 6.45) is 10.7. The Labute approximate surface area is 107 Å². The van der Waals surface area contributed by atoms with Gasteiger partial charge in [-0.1, -0.05) is 51.9 Å². The van der Waals surface area contributed by atoms with Crippen LogP contribution in [0.3, 0.4) is 0 Å². The predicted molar refractivity (Wildman–Crippen MR) is 73.1 cm³/mol. The van der Waals surface area contributed by atoms with E-state index in [0.717, 1.165) is 12.8 Å². The van der Waals surface area contributed by atoms with E-state index in [4.69, 9.17) is 4.74 Å². The Morgan fingerprint density at radius 3 is 1.82 bits per heavy atom. The number of ether oxygens (including phenoxy) is 1. The second-order valence-electron chi connectivity index (χ2n) is 5.81. The highest BCUT2D eigenvalue weighted by molar-refractivity contribution is 5.69. The standard InChI is InChI=1S/C15H30O2/c1-5-6-7-8-9-10-11-12-13-14(16)17-15(2,3)4/h5-13H2,1-4H3. The molecule has 17 heavy (non-hydrogen) atoms. The minimum absolute atomic E-state index is 0.0523. The second kappa shape index (κ2) is 9.49. The minimum atomic E-state index is -0.336. The Morgan fingerprint density at radius 2 is 1.35 bits per heavy atom. The maximum atomic E-state index is 11.4. The topological polar surface area (TPSA) is 26.3 Å². The van der Waals surface area contributed by atoms with E-state index in [1.807, 2.05) is 20.8 Å². The normalized spacial score (nSPS) is 11.5. The Morgan fingerprint density at radius 1 is 0.882 bits per heavy atom. The molecule has 0 amide bonds. The first-order valence-electron chi connectivity index (χ1n) is 7.17. The van der Waals surface area contributed by atoms with Crippen LogP contribution in [0.1, 0.15) is 85.5 Å². The third-order valence-corrected chi connectivity index (χ3v) is 2.65. The summed E-state index contributed by atoms with van der Waals surface area (Å²) in [5.41, 5.74) is -0.336. The number of carbonyl (C=O) groups excluding carboxylic acids is 1. The van der Waals surface area contributed by atoms with Crippen molar-refractivity contribution in [1.82, 2.24) is 0 Å². The average Bonchev–Trinajstić information content (AvgIpc) is 2.19. The first kappa shape index (κ1) is 16.5. The number of esters is 1. The molecule has 0 saturated heterocycles. The quantitative estimate of drug-likeness (QED) is 0.426. The van der Waals surface area contributed by atoms with Gasteiger partial charge in [-0.25, -0.2) is 0 Å². The fourth-order valence-electron chi connectivity index (χ4n) is 1.80. The van der Waals surface area contributed by atoms with Crippen LogP contribution in [0, 0.1) is 0 Å². The summed E-state index contributed by atoms with van der Waals surface area (Å²) in [4.78, 5) is 11.4. The predicted octanol–water partition coefficient (Wildman–Crippen LogP) is 4.86. The van der Waals surface area contributed by atoms with Crippen molar-refractivity contribution in [2.45, 2.75) is 91.1 Å². The summed E-state index contributed by atoms with van der Waals surface area (Å²) in [5.74, 6) is -0.0523. The van der Waals surface area contributed by atoms with Crippen molar-refractivity contribution in [2.24, 2.45) is 0 Å². The molecule has 102 valence electrons. The van der Waals surface area contributed by atoms with E-state index < -0.39 is 0 Å².